The lowest BCUT2D eigenvalue weighted by molar-refractivity contribution is -0.136. The zero-order chi connectivity index (χ0) is 15.9. The van der Waals surface area contributed by atoms with Crippen molar-refractivity contribution in [3.8, 4) is 23.7 Å². The first-order chi connectivity index (χ1) is 9.83. The molecule has 0 heterocycles. The number of aliphatic hydroxyl groups is 1. The van der Waals surface area contributed by atoms with E-state index in [4.69, 9.17) is 4.74 Å². The number of benzene rings is 1. The van der Waals surface area contributed by atoms with E-state index >= 15 is 0 Å². The van der Waals surface area contributed by atoms with Gasteiger partial charge in [-0.25, -0.2) is 4.79 Å². The van der Waals surface area contributed by atoms with Crippen LogP contribution in [0.1, 0.15) is 44.9 Å². The Morgan fingerprint density at radius 3 is 2.62 bits per heavy atom. The number of hydrogen-bond acceptors (Lipinski definition) is 3. The maximum absolute atomic E-state index is 11.2. The Kier molecular flexibility index (Phi) is 6.03. The fourth-order valence-electron chi connectivity index (χ4n) is 1.48. The van der Waals surface area contributed by atoms with Gasteiger partial charge in [0.1, 0.15) is 6.10 Å². The number of ether oxygens (including phenoxy) is 1. The van der Waals surface area contributed by atoms with Gasteiger partial charge < -0.3 is 9.84 Å². The summed E-state index contributed by atoms with van der Waals surface area (Å²) < 4.78 is 4.70. The van der Waals surface area contributed by atoms with Crippen molar-refractivity contribution in [2.24, 2.45) is 5.41 Å². The first kappa shape index (κ1) is 16.8. The van der Waals surface area contributed by atoms with Crippen LogP contribution >= 0.6 is 0 Å². The molecule has 0 saturated heterocycles. The lowest BCUT2D eigenvalue weighted by Crippen LogP contribution is -2.03. The number of carbonyl (C=O) groups excluding carboxylic acids is 1. The molecule has 1 aromatic carbocycles. The molecular formula is C18H20O3. The Morgan fingerprint density at radius 1 is 1.33 bits per heavy atom. The normalized spacial score (nSPS) is 11.5. The molecule has 0 aliphatic heterocycles. The average Bonchev–Trinajstić information content (AvgIpc) is 2.42. The highest BCUT2D eigenvalue weighted by Crippen LogP contribution is 2.18. The summed E-state index contributed by atoms with van der Waals surface area (Å²) in [6.07, 6.45) is -1.07. The van der Waals surface area contributed by atoms with Gasteiger partial charge in [-0.2, -0.15) is 0 Å². The second-order valence-corrected chi connectivity index (χ2v) is 5.48. The van der Waals surface area contributed by atoms with E-state index in [-0.39, 0.29) is 12.0 Å². The van der Waals surface area contributed by atoms with Crippen molar-refractivity contribution in [3.63, 3.8) is 0 Å². The van der Waals surface area contributed by atoms with E-state index in [1.54, 1.807) is 19.1 Å². The SMILES string of the molecule is CCOC(=O)C#CC(O)c1ccccc1C#CC(C)(C)C. The molecule has 21 heavy (non-hydrogen) atoms. The van der Waals surface area contributed by atoms with Crippen LogP contribution in [0, 0.1) is 29.1 Å². The van der Waals surface area contributed by atoms with Crippen LogP contribution in [0.25, 0.3) is 0 Å². The van der Waals surface area contributed by atoms with Crippen molar-refractivity contribution in [1.82, 2.24) is 0 Å². The molecule has 0 amide bonds. The van der Waals surface area contributed by atoms with Crippen LogP contribution in [-0.4, -0.2) is 17.7 Å². The van der Waals surface area contributed by atoms with Crippen LogP contribution in [0.15, 0.2) is 24.3 Å². The van der Waals surface area contributed by atoms with Crippen molar-refractivity contribution < 1.29 is 14.6 Å². The highest BCUT2D eigenvalue weighted by atomic mass is 16.5. The summed E-state index contributed by atoms with van der Waals surface area (Å²) in [5.41, 5.74) is 1.17. The summed E-state index contributed by atoms with van der Waals surface area (Å²) in [5, 5.41) is 10.1. The zero-order valence-corrected chi connectivity index (χ0v) is 12.9. The van der Waals surface area contributed by atoms with E-state index in [0.29, 0.717) is 11.1 Å². The Hall–Kier alpha value is -2.23. The summed E-state index contributed by atoms with van der Waals surface area (Å²) in [4.78, 5) is 11.2. The topological polar surface area (TPSA) is 46.5 Å². The lowest BCUT2D eigenvalue weighted by atomic mass is 9.96. The quantitative estimate of drug-likeness (QED) is 0.516. The Bertz CT molecular complexity index is 616. The van der Waals surface area contributed by atoms with E-state index in [2.05, 4.69) is 23.7 Å². The number of rotatable bonds is 2. The minimum atomic E-state index is -1.07. The summed E-state index contributed by atoms with van der Waals surface area (Å²) in [6.45, 7) is 8.00. The molecule has 0 bridgehead atoms. The lowest BCUT2D eigenvalue weighted by Gasteiger charge is -2.09. The summed E-state index contributed by atoms with van der Waals surface area (Å²) in [7, 11) is 0. The van der Waals surface area contributed by atoms with Gasteiger partial charge in [0.2, 0.25) is 0 Å². The van der Waals surface area contributed by atoms with Gasteiger partial charge in [-0.15, -0.1) is 0 Å². The Morgan fingerprint density at radius 2 is 2.00 bits per heavy atom. The predicted octanol–water partition coefficient (Wildman–Crippen LogP) is 2.68. The average molecular weight is 284 g/mol. The van der Waals surface area contributed by atoms with Crippen LogP contribution in [0.5, 0.6) is 0 Å². The van der Waals surface area contributed by atoms with Crippen molar-refractivity contribution in [3.05, 3.63) is 35.4 Å². The number of aliphatic hydroxyl groups excluding tert-OH is 1. The molecule has 0 aromatic heterocycles. The van der Waals surface area contributed by atoms with Gasteiger partial charge in [-0.1, -0.05) is 36.0 Å². The van der Waals surface area contributed by atoms with E-state index < -0.39 is 12.1 Å². The van der Waals surface area contributed by atoms with Gasteiger partial charge in [0.05, 0.1) is 6.61 Å². The number of hydrogen-bond donors (Lipinski definition) is 1. The van der Waals surface area contributed by atoms with E-state index in [9.17, 15) is 9.90 Å². The first-order valence-corrected chi connectivity index (χ1v) is 6.82. The highest BCUT2D eigenvalue weighted by molar-refractivity contribution is 5.88. The van der Waals surface area contributed by atoms with Gasteiger partial charge in [0, 0.05) is 22.5 Å². The summed E-state index contributed by atoms with van der Waals surface area (Å²) in [5.74, 6) is 10.3. The Balaban J connectivity index is 3.02. The molecule has 1 atom stereocenters. The number of carbonyl (C=O) groups is 1. The van der Waals surface area contributed by atoms with Crippen LogP contribution in [0.4, 0.5) is 0 Å². The molecule has 0 spiro atoms. The van der Waals surface area contributed by atoms with Gasteiger partial charge in [0.25, 0.3) is 0 Å². The maximum Gasteiger partial charge on any atom is 0.384 e. The monoisotopic (exact) mass is 284 g/mol. The maximum atomic E-state index is 11.2. The van der Waals surface area contributed by atoms with Gasteiger partial charge in [-0.05, 0) is 33.8 Å². The molecule has 3 nitrogen and oxygen atoms in total. The minimum Gasteiger partial charge on any atom is -0.456 e. The van der Waals surface area contributed by atoms with Gasteiger partial charge in [0.15, 0.2) is 0 Å². The molecular weight excluding hydrogens is 264 g/mol. The van der Waals surface area contributed by atoms with Crippen molar-refractivity contribution >= 4 is 5.97 Å². The highest BCUT2D eigenvalue weighted by Gasteiger charge is 2.09. The zero-order valence-electron chi connectivity index (χ0n) is 12.9. The van der Waals surface area contributed by atoms with Crippen LogP contribution in [-0.2, 0) is 9.53 Å². The van der Waals surface area contributed by atoms with Crippen LogP contribution in [0.2, 0.25) is 0 Å². The van der Waals surface area contributed by atoms with Crippen molar-refractivity contribution in [2.75, 3.05) is 6.61 Å². The fraction of sp³-hybridized carbons (Fsp3) is 0.389. The van der Waals surface area contributed by atoms with Crippen molar-refractivity contribution in [2.45, 2.75) is 33.8 Å². The predicted molar refractivity (Wildman–Crippen MR) is 82.1 cm³/mol. The molecule has 0 aliphatic rings. The standard InChI is InChI=1S/C18H20O3/c1-5-21-17(20)11-10-16(19)15-9-7-6-8-14(15)12-13-18(2,3)4/h6-9,16,19H,5H2,1-4H3. The molecule has 0 aliphatic carbocycles. The first-order valence-electron chi connectivity index (χ1n) is 6.82. The third-order valence-corrected chi connectivity index (χ3v) is 2.41. The molecule has 0 saturated carbocycles. The second-order valence-electron chi connectivity index (χ2n) is 5.48. The molecule has 1 unspecified atom stereocenters. The van der Waals surface area contributed by atoms with Crippen LogP contribution in [0.3, 0.4) is 0 Å². The van der Waals surface area contributed by atoms with Gasteiger partial charge >= 0.3 is 5.97 Å². The van der Waals surface area contributed by atoms with Crippen molar-refractivity contribution in [1.29, 1.82) is 0 Å². The molecule has 110 valence electrons. The Labute approximate surface area is 126 Å². The molecule has 1 rings (SSSR count). The third kappa shape index (κ3) is 6.17. The van der Waals surface area contributed by atoms with E-state index in [1.165, 1.54) is 0 Å². The fourth-order valence-corrected chi connectivity index (χ4v) is 1.48. The van der Waals surface area contributed by atoms with Gasteiger partial charge in [-0.3, -0.25) is 0 Å². The molecule has 0 radical (unpaired) electrons. The third-order valence-electron chi connectivity index (χ3n) is 2.41. The summed E-state index contributed by atoms with van der Waals surface area (Å²) >= 11 is 0. The summed E-state index contributed by atoms with van der Waals surface area (Å²) in [6, 6.07) is 7.22. The molecule has 0 fully saturated rings. The molecule has 1 aromatic rings. The minimum absolute atomic E-state index is 0.130. The largest absolute Gasteiger partial charge is 0.456 e. The molecule has 3 heteroatoms. The second kappa shape index (κ2) is 7.53. The van der Waals surface area contributed by atoms with E-state index in [0.717, 1.165) is 0 Å². The smallest absolute Gasteiger partial charge is 0.384 e. The van der Waals surface area contributed by atoms with E-state index in [1.807, 2.05) is 32.9 Å². The molecule has 1 N–H and O–H groups in total. The van der Waals surface area contributed by atoms with Crippen LogP contribution < -0.4 is 0 Å². The number of esters is 1.